The second kappa shape index (κ2) is 6.38. The first kappa shape index (κ1) is 15.2. The SMILES string of the molecule is CCS(=O)(=O)OC(CC=O)Cn1cc([N+](=O)[O-])cn1. The zero-order valence-electron chi connectivity index (χ0n) is 10.1. The Morgan fingerprint density at radius 1 is 1.63 bits per heavy atom. The van der Waals surface area contributed by atoms with Gasteiger partial charge in [0.15, 0.2) is 0 Å². The zero-order valence-corrected chi connectivity index (χ0v) is 10.9. The molecule has 9 nitrogen and oxygen atoms in total. The van der Waals surface area contributed by atoms with Crippen molar-refractivity contribution >= 4 is 22.1 Å². The summed E-state index contributed by atoms with van der Waals surface area (Å²) in [5, 5.41) is 14.2. The average molecular weight is 291 g/mol. The van der Waals surface area contributed by atoms with Crippen molar-refractivity contribution in [3.05, 3.63) is 22.5 Å². The van der Waals surface area contributed by atoms with Gasteiger partial charge in [-0.3, -0.25) is 19.0 Å². The molecule has 106 valence electrons. The Kier molecular flexibility index (Phi) is 5.12. The molecule has 0 N–H and O–H groups in total. The summed E-state index contributed by atoms with van der Waals surface area (Å²) in [5.74, 6) is -0.221. The van der Waals surface area contributed by atoms with E-state index < -0.39 is 21.1 Å². The van der Waals surface area contributed by atoms with Crippen LogP contribution < -0.4 is 0 Å². The first-order valence-corrected chi connectivity index (χ1v) is 6.97. The lowest BCUT2D eigenvalue weighted by Crippen LogP contribution is -2.25. The molecule has 1 aromatic rings. The van der Waals surface area contributed by atoms with Gasteiger partial charge in [0.05, 0.1) is 17.2 Å². The Balaban J connectivity index is 2.77. The van der Waals surface area contributed by atoms with E-state index in [1.807, 2.05) is 0 Å². The van der Waals surface area contributed by atoms with Crippen molar-refractivity contribution < 1.29 is 22.3 Å². The molecule has 0 aliphatic rings. The molecule has 0 aliphatic heterocycles. The molecule has 1 rings (SSSR count). The lowest BCUT2D eigenvalue weighted by atomic mass is 10.3. The minimum atomic E-state index is -3.70. The van der Waals surface area contributed by atoms with Gasteiger partial charge < -0.3 is 4.79 Å². The van der Waals surface area contributed by atoms with Gasteiger partial charge >= 0.3 is 5.69 Å². The van der Waals surface area contributed by atoms with Crippen molar-refractivity contribution in [3.63, 3.8) is 0 Å². The molecule has 0 bridgehead atoms. The highest BCUT2D eigenvalue weighted by molar-refractivity contribution is 7.86. The standard InChI is InChI=1S/C9H13N3O6S/c1-2-19(16,17)18-9(3-4-13)7-11-6-8(5-10-11)12(14)15/h4-6,9H,2-3,7H2,1H3. The Morgan fingerprint density at radius 2 is 2.32 bits per heavy atom. The first-order chi connectivity index (χ1) is 8.88. The molecule has 10 heteroatoms. The number of nitro groups is 1. The van der Waals surface area contributed by atoms with E-state index in [0.717, 1.165) is 17.1 Å². The highest BCUT2D eigenvalue weighted by Gasteiger charge is 2.20. The Bertz CT molecular complexity index is 552. The van der Waals surface area contributed by atoms with Gasteiger partial charge in [0.2, 0.25) is 0 Å². The van der Waals surface area contributed by atoms with Crippen LogP contribution in [-0.2, 0) is 25.6 Å². The molecule has 0 spiro atoms. The number of hydrogen-bond acceptors (Lipinski definition) is 7. The number of aromatic nitrogens is 2. The maximum absolute atomic E-state index is 11.3. The molecule has 0 aromatic carbocycles. The molecule has 1 atom stereocenters. The quantitative estimate of drug-likeness (QED) is 0.288. The molecule has 1 heterocycles. The summed E-state index contributed by atoms with van der Waals surface area (Å²) in [5.41, 5.74) is -0.219. The van der Waals surface area contributed by atoms with Crippen LogP contribution >= 0.6 is 0 Å². The molecule has 0 saturated carbocycles. The first-order valence-electron chi connectivity index (χ1n) is 5.39. The molecule has 1 unspecified atom stereocenters. The molecule has 0 amide bonds. The minimum Gasteiger partial charge on any atom is -0.303 e. The summed E-state index contributed by atoms with van der Waals surface area (Å²) >= 11 is 0. The fourth-order valence-electron chi connectivity index (χ4n) is 1.28. The largest absolute Gasteiger partial charge is 0.306 e. The normalized spacial score (nSPS) is 13.1. The van der Waals surface area contributed by atoms with Gasteiger partial charge in [-0.05, 0) is 6.92 Å². The van der Waals surface area contributed by atoms with Crippen molar-refractivity contribution in [2.45, 2.75) is 26.0 Å². The van der Waals surface area contributed by atoms with Gasteiger partial charge in [-0.1, -0.05) is 0 Å². The van der Waals surface area contributed by atoms with Crippen LogP contribution in [0.1, 0.15) is 13.3 Å². The van der Waals surface area contributed by atoms with Crippen LogP contribution in [0, 0.1) is 10.1 Å². The molecular formula is C9H13N3O6S. The molecule has 0 radical (unpaired) electrons. The van der Waals surface area contributed by atoms with Crippen LogP contribution in [0.5, 0.6) is 0 Å². The second-order valence-corrected chi connectivity index (χ2v) is 5.53. The van der Waals surface area contributed by atoms with Crippen molar-refractivity contribution in [2.24, 2.45) is 0 Å². The number of carbonyl (C=O) groups excluding carboxylic acids is 1. The molecule has 0 aliphatic carbocycles. The van der Waals surface area contributed by atoms with Crippen LogP contribution in [0.3, 0.4) is 0 Å². The number of hydrogen-bond donors (Lipinski definition) is 0. The molecule has 19 heavy (non-hydrogen) atoms. The summed E-state index contributed by atoms with van der Waals surface area (Å²) in [6.45, 7) is 1.35. The van der Waals surface area contributed by atoms with Crippen LogP contribution in [0.4, 0.5) is 5.69 Å². The highest BCUT2D eigenvalue weighted by atomic mass is 32.2. The lowest BCUT2D eigenvalue weighted by molar-refractivity contribution is -0.385. The summed E-state index contributed by atoms with van der Waals surface area (Å²) in [6.07, 6.45) is 1.62. The minimum absolute atomic E-state index is 0.0637. The molecule has 1 aromatic heterocycles. The van der Waals surface area contributed by atoms with Crippen molar-refractivity contribution in [1.82, 2.24) is 9.78 Å². The number of carbonyl (C=O) groups is 1. The van der Waals surface area contributed by atoms with Gasteiger partial charge in [-0.25, -0.2) is 0 Å². The predicted octanol–water partition coefficient (Wildman–Crippen LogP) is 0.115. The fraction of sp³-hybridized carbons (Fsp3) is 0.556. The summed E-state index contributed by atoms with van der Waals surface area (Å²) in [4.78, 5) is 20.3. The van der Waals surface area contributed by atoms with E-state index in [4.69, 9.17) is 4.18 Å². The number of rotatable bonds is 8. The van der Waals surface area contributed by atoms with Crippen molar-refractivity contribution in [1.29, 1.82) is 0 Å². The van der Waals surface area contributed by atoms with E-state index in [-0.39, 0.29) is 24.4 Å². The predicted molar refractivity (Wildman–Crippen MR) is 63.9 cm³/mol. The Hall–Kier alpha value is -1.81. The van der Waals surface area contributed by atoms with Gasteiger partial charge in [0.1, 0.15) is 24.8 Å². The Labute approximate surface area is 109 Å². The van der Waals surface area contributed by atoms with E-state index in [1.54, 1.807) is 0 Å². The van der Waals surface area contributed by atoms with Crippen molar-refractivity contribution in [2.75, 3.05) is 5.75 Å². The van der Waals surface area contributed by atoms with Crippen LogP contribution in [0.2, 0.25) is 0 Å². The van der Waals surface area contributed by atoms with Crippen LogP contribution in [-0.4, -0.2) is 41.3 Å². The van der Waals surface area contributed by atoms with Crippen molar-refractivity contribution in [3.8, 4) is 0 Å². The van der Waals surface area contributed by atoms with Crippen LogP contribution in [0.25, 0.3) is 0 Å². The van der Waals surface area contributed by atoms with Gasteiger partial charge in [-0.15, -0.1) is 0 Å². The van der Waals surface area contributed by atoms with E-state index in [1.165, 1.54) is 6.92 Å². The summed E-state index contributed by atoms with van der Waals surface area (Å²) in [6, 6.07) is 0. The fourth-order valence-corrected chi connectivity index (χ4v) is 1.97. The van der Waals surface area contributed by atoms with E-state index in [2.05, 4.69) is 5.10 Å². The third-order valence-electron chi connectivity index (χ3n) is 2.22. The van der Waals surface area contributed by atoms with Gasteiger partial charge in [-0.2, -0.15) is 13.5 Å². The number of nitrogens with zero attached hydrogens (tertiary/aromatic N) is 3. The number of aldehydes is 1. The Morgan fingerprint density at radius 3 is 2.79 bits per heavy atom. The summed E-state index contributed by atoms with van der Waals surface area (Å²) < 4.78 is 28.6. The third kappa shape index (κ3) is 4.75. The molecular weight excluding hydrogens is 278 g/mol. The third-order valence-corrected chi connectivity index (χ3v) is 3.49. The zero-order chi connectivity index (χ0) is 14.5. The van der Waals surface area contributed by atoms with E-state index in [0.29, 0.717) is 6.29 Å². The average Bonchev–Trinajstić information content (AvgIpc) is 2.77. The monoisotopic (exact) mass is 291 g/mol. The highest BCUT2D eigenvalue weighted by Crippen LogP contribution is 2.11. The maximum atomic E-state index is 11.3. The van der Waals surface area contributed by atoms with E-state index >= 15 is 0 Å². The van der Waals surface area contributed by atoms with Gasteiger partial charge in [0.25, 0.3) is 10.1 Å². The van der Waals surface area contributed by atoms with Crippen LogP contribution in [0.15, 0.2) is 12.4 Å². The van der Waals surface area contributed by atoms with Gasteiger partial charge in [0, 0.05) is 6.42 Å². The lowest BCUT2D eigenvalue weighted by Gasteiger charge is -2.14. The molecule has 0 fully saturated rings. The topological polar surface area (TPSA) is 121 Å². The van der Waals surface area contributed by atoms with E-state index in [9.17, 15) is 23.3 Å². The molecule has 0 saturated heterocycles. The summed E-state index contributed by atoms with van der Waals surface area (Å²) in [7, 11) is -3.70. The maximum Gasteiger partial charge on any atom is 0.306 e. The smallest absolute Gasteiger partial charge is 0.303 e. The second-order valence-electron chi connectivity index (χ2n) is 3.64.